The molecule has 1 aromatic heterocycles. The number of aliphatic hydroxyl groups is 2. The molecule has 38 heavy (non-hydrogen) atoms. The lowest BCUT2D eigenvalue weighted by atomic mass is 10.1. The smallest absolute Gasteiger partial charge is 0.394 e. The number of nitrogens with zero attached hydrogens (tertiary/aromatic N) is 1. The second kappa shape index (κ2) is 11.2. The molecular formula is C26H23F3N4O4S. The lowest BCUT2D eigenvalue weighted by Gasteiger charge is -2.13. The van der Waals surface area contributed by atoms with Crippen molar-refractivity contribution in [3.8, 4) is 0 Å². The summed E-state index contributed by atoms with van der Waals surface area (Å²) < 4.78 is 39.7. The molecule has 5 N–H and O–H groups in total. The first-order chi connectivity index (χ1) is 18.0. The van der Waals surface area contributed by atoms with Crippen molar-refractivity contribution in [2.45, 2.75) is 19.2 Å². The number of benzene rings is 3. The van der Waals surface area contributed by atoms with Gasteiger partial charge in [-0.25, -0.2) is 4.98 Å². The van der Waals surface area contributed by atoms with E-state index in [2.05, 4.69) is 20.9 Å². The summed E-state index contributed by atoms with van der Waals surface area (Å²) in [7, 11) is 0. The maximum atomic E-state index is 13.0. The molecule has 0 aliphatic rings. The molecule has 12 heteroatoms. The fourth-order valence-electron chi connectivity index (χ4n) is 3.48. The molecule has 0 aliphatic carbocycles. The first-order valence-corrected chi connectivity index (χ1v) is 12.2. The van der Waals surface area contributed by atoms with Gasteiger partial charge in [0.15, 0.2) is 5.13 Å². The molecule has 8 nitrogen and oxygen atoms in total. The maximum Gasteiger partial charge on any atom is 0.416 e. The van der Waals surface area contributed by atoms with Gasteiger partial charge in [0.2, 0.25) is 0 Å². The number of amides is 2. The number of fused-ring (bicyclic) bond motifs is 1. The average Bonchev–Trinajstić information content (AvgIpc) is 3.31. The second-order valence-electron chi connectivity index (χ2n) is 8.44. The molecule has 0 bridgehead atoms. The Kier molecular flexibility index (Phi) is 7.95. The Balaban J connectivity index is 1.47. The van der Waals surface area contributed by atoms with Crippen LogP contribution < -0.4 is 16.0 Å². The molecule has 198 valence electrons. The zero-order chi connectivity index (χ0) is 27.4. The summed E-state index contributed by atoms with van der Waals surface area (Å²) in [4.78, 5) is 29.9. The normalized spacial score (nSPS) is 12.3. The van der Waals surface area contributed by atoms with E-state index in [0.717, 1.165) is 22.9 Å². The first kappa shape index (κ1) is 27.0. The Morgan fingerprint density at radius 2 is 1.74 bits per heavy atom. The van der Waals surface area contributed by atoms with E-state index in [9.17, 15) is 27.9 Å². The van der Waals surface area contributed by atoms with Crippen molar-refractivity contribution in [3.63, 3.8) is 0 Å². The molecule has 0 aliphatic heterocycles. The van der Waals surface area contributed by atoms with Crippen molar-refractivity contribution >= 4 is 49.9 Å². The highest BCUT2D eigenvalue weighted by molar-refractivity contribution is 7.22. The van der Waals surface area contributed by atoms with Crippen molar-refractivity contribution in [2.24, 2.45) is 0 Å². The molecule has 1 unspecified atom stereocenters. The van der Waals surface area contributed by atoms with Crippen LogP contribution in [0.3, 0.4) is 0 Å². The third-order valence-corrected chi connectivity index (χ3v) is 6.52. The lowest BCUT2D eigenvalue weighted by Crippen LogP contribution is -2.22. The van der Waals surface area contributed by atoms with Gasteiger partial charge in [0, 0.05) is 29.0 Å². The number of hydrogen-bond acceptors (Lipinski definition) is 7. The molecule has 0 spiro atoms. The number of aryl methyl sites for hydroxylation is 1. The van der Waals surface area contributed by atoms with E-state index < -0.39 is 29.7 Å². The molecule has 4 rings (SSSR count). The Morgan fingerprint density at radius 3 is 2.47 bits per heavy atom. The van der Waals surface area contributed by atoms with Gasteiger partial charge in [0.05, 0.1) is 28.5 Å². The molecule has 1 heterocycles. The van der Waals surface area contributed by atoms with Crippen molar-refractivity contribution < 1.29 is 33.0 Å². The van der Waals surface area contributed by atoms with Crippen LogP contribution >= 0.6 is 11.3 Å². The predicted molar refractivity (Wildman–Crippen MR) is 140 cm³/mol. The lowest BCUT2D eigenvalue weighted by molar-refractivity contribution is -0.137. The Hall–Kier alpha value is -4.00. The largest absolute Gasteiger partial charge is 0.416 e. The van der Waals surface area contributed by atoms with Gasteiger partial charge in [-0.1, -0.05) is 23.5 Å². The van der Waals surface area contributed by atoms with Crippen LogP contribution in [0.5, 0.6) is 0 Å². The van der Waals surface area contributed by atoms with E-state index in [1.54, 1.807) is 37.3 Å². The van der Waals surface area contributed by atoms with Gasteiger partial charge in [-0.2, -0.15) is 13.2 Å². The van der Waals surface area contributed by atoms with Crippen molar-refractivity contribution in [2.75, 3.05) is 29.1 Å². The van der Waals surface area contributed by atoms with Gasteiger partial charge < -0.3 is 26.2 Å². The van der Waals surface area contributed by atoms with Crippen LogP contribution in [0.15, 0.2) is 60.7 Å². The van der Waals surface area contributed by atoms with Gasteiger partial charge in [0.1, 0.15) is 0 Å². The number of alkyl halides is 3. The number of halogens is 3. The zero-order valence-electron chi connectivity index (χ0n) is 20.0. The highest BCUT2D eigenvalue weighted by Crippen LogP contribution is 2.30. The predicted octanol–water partition coefficient (Wildman–Crippen LogP) is 4.89. The number of rotatable bonds is 8. The van der Waals surface area contributed by atoms with Crippen LogP contribution in [-0.4, -0.2) is 46.3 Å². The zero-order valence-corrected chi connectivity index (χ0v) is 20.8. The van der Waals surface area contributed by atoms with Crippen LogP contribution in [-0.2, 0) is 6.18 Å². The summed E-state index contributed by atoms with van der Waals surface area (Å²) in [6.45, 7) is 1.51. The maximum absolute atomic E-state index is 13.0. The van der Waals surface area contributed by atoms with Crippen LogP contribution in [0, 0.1) is 6.92 Å². The summed E-state index contributed by atoms with van der Waals surface area (Å²) in [6, 6.07) is 13.9. The fourth-order valence-corrected chi connectivity index (χ4v) is 4.39. The third-order valence-electron chi connectivity index (χ3n) is 5.55. The van der Waals surface area contributed by atoms with Gasteiger partial charge in [-0.15, -0.1) is 0 Å². The van der Waals surface area contributed by atoms with Gasteiger partial charge >= 0.3 is 6.18 Å². The van der Waals surface area contributed by atoms with Gasteiger partial charge in [-0.05, 0) is 61.0 Å². The summed E-state index contributed by atoms with van der Waals surface area (Å²) in [5, 5.41) is 27.2. The minimum atomic E-state index is -4.57. The molecule has 0 fully saturated rings. The van der Waals surface area contributed by atoms with Gasteiger partial charge in [-0.3, -0.25) is 9.59 Å². The topological polar surface area (TPSA) is 124 Å². The number of aliphatic hydroxyl groups excluding tert-OH is 2. The number of anilines is 3. The first-order valence-electron chi connectivity index (χ1n) is 11.4. The highest BCUT2D eigenvalue weighted by atomic mass is 32.1. The minimum Gasteiger partial charge on any atom is -0.394 e. The highest BCUT2D eigenvalue weighted by Gasteiger charge is 2.31. The quantitative estimate of drug-likeness (QED) is 0.215. The number of nitrogens with one attached hydrogen (secondary N) is 3. The second-order valence-corrected chi connectivity index (χ2v) is 9.47. The summed E-state index contributed by atoms with van der Waals surface area (Å²) in [5.41, 5.74) is 1.37. The van der Waals surface area contributed by atoms with Crippen LogP contribution in [0.4, 0.5) is 29.7 Å². The average molecular weight is 545 g/mol. The molecular weight excluding hydrogens is 521 g/mol. The van der Waals surface area contributed by atoms with Crippen LogP contribution in [0.1, 0.15) is 31.8 Å². The van der Waals surface area contributed by atoms with Crippen molar-refractivity contribution in [3.05, 3.63) is 82.9 Å². The molecule has 1 atom stereocenters. The van der Waals surface area contributed by atoms with Crippen molar-refractivity contribution in [1.29, 1.82) is 0 Å². The standard InChI is InChI=1S/C26H23F3N4O4S/c1-14-5-7-18(31-23(36)15-3-2-4-17(9-15)26(27,28)29)11-21(14)32-24(37)16-6-8-20-22(10-16)38-25(33-20)30-12-19(35)13-34/h2-11,19,34-35H,12-13H2,1H3,(H,30,33)(H,31,36)(H,32,37). The van der Waals surface area contributed by atoms with Gasteiger partial charge in [0.25, 0.3) is 11.8 Å². The SMILES string of the molecule is Cc1ccc(NC(=O)c2cccc(C(F)(F)F)c2)cc1NC(=O)c1ccc2nc(NCC(O)CO)sc2c1. The number of aromatic nitrogens is 1. The minimum absolute atomic E-state index is 0.129. The number of carbonyl (C=O) groups is 2. The number of thiazole rings is 1. The van der Waals surface area contributed by atoms with E-state index in [0.29, 0.717) is 33.1 Å². The van der Waals surface area contributed by atoms with Crippen LogP contribution in [0.25, 0.3) is 10.2 Å². The van der Waals surface area contributed by atoms with Crippen molar-refractivity contribution in [1.82, 2.24) is 4.98 Å². The number of hydrogen-bond donors (Lipinski definition) is 5. The Bertz CT molecular complexity index is 1490. The van der Waals surface area contributed by atoms with E-state index in [1.165, 1.54) is 23.5 Å². The Morgan fingerprint density at radius 1 is 1.00 bits per heavy atom. The molecule has 2 amide bonds. The molecule has 4 aromatic rings. The molecule has 0 saturated carbocycles. The summed E-state index contributed by atoms with van der Waals surface area (Å²) in [6.07, 6.45) is -5.49. The van der Waals surface area contributed by atoms with Crippen LogP contribution in [0.2, 0.25) is 0 Å². The van der Waals surface area contributed by atoms with E-state index in [-0.39, 0.29) is 18.7 Å². The fraction of sp³-hybridized carbons (Fsp3) is 0.192. The van der Waals surface area contributed by atoms with E-state index in [4.69, 9.17) is 5.11 Å². The monoisotopic (exact) mass is 544 g/mol. The Labute approximate surface area is 219 Å². The van der Waals surface area contributed by atoms with E-state index in [1.807, 2.05) is 0 Å². The summed E-state index contributed by atoms with van der Waals surface area (Å²) in [5.74, 6) is -1.13. The molecule has 0 radical (unpaired) electrons. The molecule has 3 aromatic carbocycles. The third kappa shape index (κ3) is 6.46. The molecule has 0 saturated heterocycles. The summed E-state index contributed by atoms with van der Waals surface area (Å²) >= 11 is 1.29. The van der Waals surface area contributed by atoms with E-state index >= 15 is 0 Å². The number of carbonyl (C=O) groups excluding carboxylic acids is 2.